The van der Waals surface area contributed by atoms with Gasteiger partial charge in [0.2, 0.25) is 0 Å². The Bertz CT molecular complexity index is 975. The van der Waals surface area contributed by atoms with Gasteiger partial charge in [-0.25, -0.2) is 0 Å². The van der Waals surface area contributed by atoms with E-state index in [2.05, 4.69) is 10.3 Å². The van der Waals surface area contributed by atoms with Gasteiger partial charge in [-0.2, -0.15) is 0 Å². The summed E-state index contributed by atoms with van der Waals surface area (Å²) in [6, 6.07) is 5.37. The normalized spacial score (nSPS) is 25.1. The third-order valence-electron chi connectivity index (χ3n) is 6.43. The van der Waals surface area contributed by atoms with Crippen molar-refractivity contribution in [2.75, 3.05) is 0 Å². The molecule has 3 atom stereocenters. The lowest BCUT2D eigenvalue weighted by Crippen LogP contribution is -2.41. The third-order valence-corrected chi connectivity index (χ3v) is 6.43. The van der Waals surface area contributed by atoms with Gasteiger partial charge in [-0.15, -0.1) is 0 Å². The fourth-order valence-electron chi connectivity index (χ4n) is 5.01. The molecule has 2 fully saturated rings. The molecule has 0 bridgehead atoms. The average Bonchev–Trinajstić information content (AvgIpc) is 2.68. The van der Waals surface area contributed by atoms with Crippen LogP contribution in [0.3, 0.4) is 0 Å². The van der Waals surface area contributed by atoms with Crippen molar-refractivity contribution in [2.24, 2.45) is 11.8 Å². The van der Waals surface area contributed by atoms with Crippen LogP contribution in [0, 0.1) is 11.8 Å². The van der Waals surface area contributed by atoms with Gasteiger partial charge in [0.25, 0.3) is 5.91 Å². The van der Waals surface area contributed by atoms with E-state index >= 15 is 0 Å². The van der Waals surface area contributed by atoms with Gasteiger partial charge in [-0.05, 0) is 56.2 Å². The zero-order valence-corrected chi connectivity index (χ0v) is 15.8. The Kier molecular flexibility index (Phi) is 4.89. The molecule has 2 N–H and O–H groups in total. The summed E-state index contributed by atoms with van der Waals surface area (Å²) >= 11 is 0. The van der Waals surface area contributed by atoms with Gasteiger partial charge in [-0.3, -0.25) is 14.4 Å². The first kappa shape index (κ1) is 18.0. The molecule has 144 valence electrons. The largest absolute Gasteiger partial charge is 0.349 e. The minimum absolute atomic E-state index is 0.105. The highest BCUT2D eigenvalue weighted by molar-refractivity contribution is 5.97. The lowest BCUT2D eigenvalue weighted by Gasteiger charge is -2.39. The number of amides is 1. The van der Waals surface area contributed by atoms with E-state index in [0.29, 0.717) is 23.1 Å². The second-order valence-electron chi connectivity index (χ2n) is 8.02. The van der Waals surface area contributed by atoms with Crippen LogP contribution in [0.25, 0.3) is 11.0 Å². The summed E-state index contributed by atoms with van der Waals surface area (Å²) in [5, 5.41) is 3.19. The van der Waals surface area contributed by atoms with E-state index in [1.807, 2.05) is 6.92 Å². The van der Waals surface area contributed by atoms with Gasteiger partial charge in [-0.1, -0.05) is 25.7 Å². The molecule has 1 aromatic carbocycles. The summed E-state index contributed by atoms with van der Waals surface area (Å²) in [6.07, 6.45) is 8.66. The number of rotatable bonds is 3. The van der Waals surface area contributed by atoms with E-state index in [-0.39, 0.29) is 11.9 Å². The van der Waals surface area contributed by atoms with Crippen molar-refractivity contribution in [1.82, 2.24) is 14.9 Å². The van der Waals surface area contributed by atoms with E-state index in [0.717, 1.165) is 24.7 Å². The number of aryl methyl sites for hydroxylation is 1. The number of nitrogens with zero attached hydrogens (tertiary/aromatic N) is 1. The molecule has 0 aliphatic heterocycles. The number of aromatic amines is 1. The third kappa shape index (κ3) is 3.45. The van der Waals surface area contributed by atoms with Crippen molar-refractivity contribution in [3.63, 3.8) is 0 Å². The minimum atomic E-state index is -0.655. The number of hydrogen-bond donors (Lipinski definition) is 2. The summed E-state index contributed by atoms with van der Waals surface area (Å²) in [6.45, 7) is 2.23. The van der Waals surface area contributed by atoms with Crippen LogP contribution in [0.2, 0.25) is 0 Å². The number of benzene rings is 1. The molecule has 1 heterocycles. The van der Waals surface area contributed by atoms with E-state index in [1.54, 1.807) is 18.2 Å². The highest BCUT2D eigenvalue weighted by atomic mass is 16.2. The monoisotopic (exact) mass is 369 g/mol. The molecule has 2 aromatic rings. The molecule has 2 saturated carbocycles. The number of nitrogens with one attached hydrogen (secondary N) is 2. The van der Waals surface area contributed by atoms with Gasteiger partial charge >= 0.3 is 11.1 Å². The molecule has 0 spiro atoms. The van der Waals surface area contributed by atoms with Gasteiger partial charge in [0.05, 0.1) is 11.0 Å². The highest BCUT2D eigenvalue weighted by Crippen LogP contribution is 2.40. The average molecular weight is 369 g/mol. The summed E-state index contributed by atoms with van der Waals surface area (Å²) < 4.78 is 1.43. The first-order chi connectivity index (χ1) is 13.1. The van der Waals surface area contributed by atoms with Crippen molar-refractivity contribution in [2.45, 2.75) is 64.5 Å². The molecule has 2 aliphatic rings. The maximum atomic E-state index is 12.8. The fraction of sp³-hybridized carbons (Fsp3) is 0.571. The maximum absolute atomic E-state index is 12.8. The molecule has 1 amide bonds. The van der Waals surface area contributed by atoms with Gasteiger partial charge in [0, 0.05) is 18.2 Å². The Labute approximate surface area is 158 Å². The quantitative estimate of drug-likeness (QED) is 0.816. The van der Waals surface area contributed by atoms with E-state index in [1.165, 1.54) is 36.7 Å². The Morgan fingerprint density at radius 1 is 1.15 bits per heavy atom. The lowest BCUT2D eigenvalue weighted by molar-refractivity contribution is 0.0879. The first-order valence-electron chi connectivity index (χ1n) is 10.1. The van der Waals surface area contributed by atoms with Gasteiger partial charge < -0.3 is 14.9 Å². The number of fused-ring (bicyclic) bond motifs is 2. The first-order valence-corrected chi connectivity index (χ1v) is 10.1. The van der Waals surface area contributed by atoms with Crippen molar-refractivity contribution >= 4 is 16.9 Å². The Morgan fingerprint density at radius 2 is 1.93 bits per heavy atom. The van der Waals surface area contributed by atoms with Crippen molar-refractivity contribution in [3.8, 4) is 0 Å². The molecule has 0 saturated heterocycles. The zero-order valence-electron chi connectivity index (χ0n) is 15.8. The molecule has 6 heteroatoms. The van der Waals surface area contributed by atoms with Crippen molar-refractivity contribution in [1.29, 1.82) is 0 Å². The SMILES string of the molecule is CCn1c(=O)c(=O)[nH]c2cc(C(=O)NC3CCC4CCCCC4C3)ccc21. The summed E-state index contributed by atoms with van der Waals surface area (Å²) in [7, 11) is 0. The van der Waals surface area contributed by atoms with Crippen LogP contribution in [0.5, 0.6) is 0 Å². The lowest BCUT2D eigenvalue weighted by atomic mass is 9.69. The Morgan fingerprint density at radius 3 is 2.70 bits per heavy atom. The van der Waals surface area contributed by atoms with Crippen LogP contribution in [0.4, 0.5) is 0 Å². The van der Waals surface area contributed by atoms with E-state index < -0.39 is 11.1 Å². The zero-order chi connectivity index (χ0) is 19.0. The fourth-order valence-corrected chi connectivity index (χ4v) is 5.01. The predicted molar refractivity (Wildman–Crippen MR) is 105 cm³/mol. The Hall–Kier alpha value is -2.37. The number of hydrogen-bond acceptors (Lipinski definition) is 3. The van der Waals surface area contributed by atoms with Crippen LogP contribution >= 0.6 is 0 Å². The molecule has 4 rings (SSSR count). The minimum Gasteiger partial charge on any atom is -0.349 e. The van der Waals surface area contributed by atoms with Crippen molar-refractivity contribution in [3.05, 3.63) is 44.5 Å². The molecule has 0 radical (unpaired) electrons. The number of carbonyl (C=O) groups excluding carboxylic acids is 1. The summed E-state index contributed by atoms with van der Waals surface area (Å²) in [5.41, 5.74) is 0.459. The standard InChI is InChI=1S/C21H27N3O3/c1-2-24-18-10-8-15(12-17(18)23-20(26)21(24)27)19(25)22-16-9-7-13-5-3-4-6-14(13)11-16/h8,10,12-14,16H,2-7,9,11H2,1H3,(H,22,25)(H,23,26). The maximum Gasteiger partial charge on any atom is 0.316 e. The predicted octanol–water partition coefficient (Wildman–Crippen LogP) is 2.80. The molecule has 2 aliphatic carbocycles. The summed E-state index contributed by atoms with van der Waals surface area (Å²) in [4.78, 5) is 39.2. The van der Waals surface area contributed by atoms with E-state index in [4.69, 9.17) is 0 Å². The van der Waals surface area contributed by atoms with Crippen LogP contribution in [0.1, 0.15) is 62.2 Å². The smallest absolute Gasteiger partial charge is 0.316 e. The second kappa shape index (κ2) is 7.33. The number of H-pyrrole nitrogens is 1. The van der Waals surface area contributed by atoms with Crippen LogP contribution in [0.15, 0.2) is 27.8 Å². The van der Waals surface area contributed by atoms with E-state index in [9.17, 15) is 14.4 Å². The molecule has 3 unspecified atom stereocenters. The molecular weight excluding hydrogens is 342 g/mol. The van der Waals surface area contributed by atoms with Gasteiger partial charge in [0.15, 0.2) is 0 Å². The second-order valence-corrected chi connectivity index (χ2v) is 8.02. The van der Waals surface area contributed by atoms with Crippen LogP contribution in [-0.2, 0) is 6.54 Å². The number of aromatic nitrogens is 2. The van der Waals surface area contributed by atoms with Gasteiger partial charge in [0.1, 0.15) is 0 Å². The molecule has 6 nitrogen and oxygen atoms in total. The van der Waals surface area contributed by atoms with Crippen LogP contribution in [-0.4, -0.2) is 21.5 Å². The number of carbonyl (C=O) groups is 1. The molecule has 27 heavy (non-hydrogen) atoms. The Balaban J connectivity index is 1.53. The molecular formula is C21H27N3O3. The molecule has 1 aromatic heterocycles. The topological polar surface area (TPSA) is 84.0 Å². The van der Waals surface area contributed by atoms with Crippen LogP contribution < -0.4 is 16.4 Å². The highest BCUT2D eigenvalue weighted by Gasteiger charge is 2.32. The summed E-state index contributed by atoms with van der Waals surface area (Å²) in [5.74, 6) is 1.50. The van der Waals surface area contributed by atoms with Crippen molar-refractivity contribution < 1.29 is 4.79 Å².